The smallest absolute Gasteiger partial charge is 0.225 e. The molecule has 228 valence electrons. The number of nitrogens with zero attached hydrogens (tertiary/aromatic N) is 5. The van der Waals surface area contributed by atoms with Crippen LogP contribution in [0.1, 0.15) is 72.8 Å². The second-order valence-corrected chi connectivity index (χ2v) is 18.7. The summed E-state index contributed by atoms with van der Waals surface area (Å²) in [5.41, 5.74) is 3.27. The molecule has 1 fully saturated rings. The van der Waals surface area contributed by atoms with E-state index in [1.54, 1.807) is 12.4 Å². The van der Waals surface area contributed by atoms with Crippen molar-refractivity contribution in [2.45, 2.75) is 78.4 Å². The Balaban J connectivity index is 1.51. The number of aryl methyl sites for hydroxylation is 1. The van der Waals surface area contributed by atoms with Gasteiger partial charge in [-0.1, -0.05) is 59.7 Å². The van der Waals surface area contributed by atoms with Gasteiger partial charge in [-0.05, 0) is 46.8 Å². The molecular weight excluding hydrogens is 533 g/mol. The van der Waals surface area contributed by atoms with E-state index in [9.17, 15) is 4.79 Å². The minimum Gasteiger partial charge on any atom is -0.346 e. The van der Waals surface area contributed by atoms with Gasteiger partial charge in [0.05, 0.1) is 0 Å². The number of hydrogen-bond donors (Lipinski definition) is 0. The highest BCUT2D eigenvalue weighted by atomic mass is 32.3. The van der Waals surface area contributed by atoms with Gasteiger partial charge in [0.2, 0.25) is 11.9 Å². The molecule has 3 rings (SSSR count). The van der Waals surface area contributed by atoms with Gasteiger partial charge in [-0.15, -0.1) is 0 Å². The van der Waals surface area contributed by atoms with Gasteiger partial charge >= 0.3 is 0 Å². The summed E-state index contributed by atoms with van der Waals surface area (Å²) >= 11 is 0. The van der Waals surface area contributed by atoms with E-state index in [2.05, 4.69) is 68.9 Å². The number of aromatic nitrogens is 2. The lowest BCUT2D eigenvalue weighted by molar-refractivity contribution is -0.131. The molecule has 41 heavy (non-hydrogen) atoms. The predicted molar refractivity (Wildman–Crippen MR) is 175 cm³/mol. The van der Waals surface area contributed by atoms with Crippen LogP contribution in [-0.2, 0) is 11.2 Å². The Morgan fingerprint density at radius 3 is 2.29 bits per heavy atom. The van der Waals surface area contributed by atoms with Crippen LogP contribution in [-0.4, -0.2) is 82.7 Å². The first-order chi connectivity index (χ1) is 19.1. The van der Waals surface area contributed by atoms with Crippen molar-refractivity contribution in [1.29, 1.82) is 0 Å². The molecule has 1 aliphatic rings. The Morgan fingerprint density at radius 2 is 1.71 bits per heavy atom. The van der Waals surface area contributed by atoms with Crippen LogP contribution in [0.25, 0.3) is 11.1 Å². The van der Waals surface area contributed by atoms with Gasteiger partial charge in [-0.2, -0.15) is 0 Å². The number of aliphatic imine (C=N–C) groups is 1. The lowest BCUT2D eigenvalue weighted by atomic mass is 9.92. The average molecular weight is 586 g/mol. The Labute approximate surface area is 249 Å². The maximum absolute atomic E-state index is 15.5. The largest absolute Gasteiger partial charge is 0.346 e. The van der Waals surface area contributed by atoms with Crippen molar-refractivity contribution in [1.82, 2.24) is 14.9 Å². The lowest BCUT2D eigenvalue weighted by Gasteiger charge is -2.44. The molecule has 1 saturated heterocycles. The fourth-order valence-electron chi connectivity index (χ4n) is 4.67. The van der Waals surface area contributed by atoms with Gasteiger partial charge in [0, 0.05) is 81.7 Å². The minimum atomic E-state index is -0.851. The molecule has 0 unspecified atom stereocenters. The third-order valence-electron chi connectivity index (χ3n) is 8.29. The minimum absolute atomic E-state index is 0.00887. The van der Waals surface area contributed by atoms with Crippen LogP contribution in [0.4, 0.5) is 10.3 Å². The first-order valence-corrected chi connectivity index (χ1v) is 17.5. The van der Waals surface area contributed by atoms with E-state index in [0.717, 1.165) is 63.2 Å². The fraction of sp³-hybridized carbons (Fsp3) is 0.636. The second kappa shape index (κ2) is 13.7. The van der Waals surface area contributed by atoms with Gasteiger partial charge in [0.25, 0.3) is 0 Å². The summed E-state index contributed by atoms with van der Waals surface area (Å²) in [6.07, 6.45) is 12.1. The maximum Gasteiger partial charge on any atom is 0.225 e. The number of piperidine rings is 1. The maximum atomic E-state index is 15.5. The molecular formula is C33H52FN5OS. The van der Waals surface area contributed by atoms with Gasteiger partial charge < -0.3 is 9.80 Å². The number of carbonyl (C=O) groups excluding carboxylic acids is 1. The molecule has 0 saturated carbocycles. The standard InChI is InChI=1S/C33H52FN5OS/c1-32(2,3)22-29(40)38(7)18-11-17-35-27-14-19-39(20-15-27)31-36-23-26(24-37-31)28-13-10-12-25(30(28)34)16-21-41(8,9)33(4,5)6/h10,12-13,23-24H,11,14-22H2,1-9H3. The first kappa shape index (κ1) is 33.0. The summed E-state index contributed by atoms with van der Waals surface area (Å²) in [6.45, 7) is 16.2. The van der Waals surface area contributed by atoms with E-state index in [4.69, 9.17) is 4.99 Å². The Morgan fingerprint density at radius 1 is 1.07 bits per heavy atom. The molecule has 8 heteroatoms. The molecule has 0 bridgehead atoms. The number of anilines is 1. The summed E-state index contributed by atoms with van der Waals surface area (Å²) in [5.74, 6) is 1.72. The SMILES string of the molecule is CN(CCCN=C1CCN(c2ncc(-c3cccc(CCS(C)(C)C(C)(C)C)c3F)cn2)CC1)C(=O)CC(C)(C)C. The number of carbonyl (C=O) groups is 1. The van der Waals surface area contributed by atoms with Gasteiger partial charge in [-0.3, -0.25) is 9.79 Å². The summed E-state index contributed by atoms with van der Waals surface area (Å²) in [5, 5.41) is 0. The number of hydrogen-bond acceptors (Lipinski definition) is 5. The van der Waals surface area contributed by atoms with Gasteiger partial charge in [0.15, 0.2) is 0 Å². The molecule has 2 heterocycles. The van der Waals surface area contributed by atoms with Crippen molar-refractivity contribution in [2.75, 3.05) is 56.4 Å². The van der Waals surface area contributed by atoms with Crippen LogP contribution in [0.3, 0.4) is 0 Å². The van der Waals surface area contributed by atoms with Crippen molar-refractivity contribution in [3.63, 3.8) is 0 Å². The molecule has 1 aliphatic heterocycles. The zero-order valence-corrected chi connectivity index (χ0v) is 27.7. The molecule has 0 spiro atoms. The van der Waals surface area contributed by atoms with Crippen molar-refractivity contribution >= 4 is 27.6 Å². The van der Waals surface area contributed by atoms with Crippen molar-refractivity contribution in [2.24, 2.45) is 10.4 Å². The highest BCUT2D eigenvalue weighted by Gasteiger charge is 2.28. The van der Waals surface area contributed by atoms with Crippen molar-refractivity contribution in [3.8, 4) is 11.1 Å². The Hall–Kier alpha value is -2.48. The quantitative estimate of drug-likeness (QED) is 0.281. The van der Waals surface area contributed by atoms with Crippen LogP contribution >= 0.6 is 10.0 Å². The fourth-order valence-corrected chi connectivity index (χ4v) is 6.01. The summed E-state index contributed by atoms with van der Waals surface area (Å²) < 4.78 is 15.7. The number of benzene rings is 1. The number of halogens is 1. The van der Waals surface area contributed by atoms with Crippen molar-refractivity contribution < 1.29 is 9.18 Å². The summed E-state index contributed by atoms with van der Waals surface area (Å²) in [7, 11) is 1.03. The third kappa shape index (κ3) is 9.52. The van der Waals surface area contributed by atoms with Crippen LogP contribution in [0.15, 0.2) is 35.6 Å². The number of rotatable bonds is 10. The molecule has 0 atom stereocenters. The van der Waals surface area contributed by atoms with Gasteiger partial charge in [-0.25, -0.2) is 24.4 Å². The van der Waals surface area contributed by atoms with E-state index in [1.807, 2.05) is 30.1 Å². The predicted octanol–water partition coefficient (Wildman–Crippen LogP) is 7.01. The molecule has 0 radical (unpaired) electrons. The monoisotopic (exact) mass is 585 g/mol. The lowest BCUT2D eigenvalue weighted by Crippen LogP contribution is -2.35. The van der Waals surface area contributed by atoms with E-state index in [0.29, 0.717) is 23.5 Å². The third-order valence-corrected chi connectivity index (χ3v) is 12.8. The van der Waals surface area contributed by atoms with E-state index >= 15 is 4.39 Å². The molecule has 1 amide bonds. The zero-order valence-electron chi connectivity index (χ0n) is 26.9. The van der Waals surface area contributed by atoms with Crippen LogP contribution in [0.5, 0.6) is 0 Å². The topological polar surface area (TPSA) is 61.7 Å². The normalized spacial score (nSPS) is 15.2. The second-order valence-electron chi connectivity index (χ2n) is 14.0. The number of amides is 1. The summed E-state index contributed by atoms with van der Waals surface area (Å²) in [6, 6.07) is 5.67. The highest BCUT2D eigenvalue weighted by molar-refractivity contribution is 8.33. The Bertz CT molecular complexity index is 1190. The molecule has 6 nitrogen and oxygen atoms in total. The molecule has 1 aromatic carbocycles. The van der Waals surface area contributed by atoms with E-state index in [1.165, 1.54) is 5.71 Å². The van der Waals surface area contributed by atoms with Crippen LogP contribution in [0.2, 0.25) is 0 Å². The average Bonchev–Trinajstić information content (AvgIpc) is 2.89. The molecule has 2 aromatic rings. The zero-order chi connectivity index (χ0) is 30.4. The molecule has 1 aromatic heterocycles. The van der Waals surface area contributed by atoms with Crippen LogP contribution in [0, 0.1) is 11.2 Å². The van der Waals surface area contributed by atoms with E-state index in [-0.39, 0.29) is 21.9 Å². The highest BCUT2D eigenvalue weighted by Crippen LogP contribution is 2.53. The summed E-state index contributed by atoms with van der Waals surface area (Å²) in [4.78, 5) is 30.3. The van der Waals surface area contributed by atoms with Gasteiger partial charge in [0.1, 0.15) is 5.82 Å². The molecule has 0 N–H and O–H groups in total. The van der Waals surface area contributed by atoms with E-state index < -0.39 is 10.0 Å². The first-order valence-electron chi connectivity index (χ1n) is 14.9. The molecule has 0 aliphatic carbocycles. The Kier molecular flexibility index (Phi) is 11.0. The van der Waals surface area contributed by atoms with Crippen molar-refractivity contribution in [3.05, 3.63) is 42.0 Å². The van der Waals surface area contributed by atoms with Crippen LogP contribution < -0.4 is 4.90 Å².